The molecule has 1 aliphatic rings. The van der Waals surface area contributed by atoms with E-state index in [0.29, 0.717) is 5.54 Å². The van der Waals surface area contributed by atoms with E-state index in [1.807, 2.05) is 0 Å². The zero-order chi connectivity index (χ0) is 11.7. The molecule has 0 spiro atoms. The SMILES string of the molecule is CC(C)CC(C)(CN)N1CCCC1(C)C. The molecule has 0 aromatic heterocycles. The maximum Gasteiger partial charge on any atom is 0.0311 e. The number of nitrogens with zero attached hydrogens (tertiary/aromatic N) is 1. The van der Waals surface area contributed by atoms with Crippen LogP contribution in [0, 0.1) is 5.92 Å². The summed E-state index contributed by atoms with van der Waals surface area (Å²) < 4.78 is 0. The van der Waals surface area contributed by atoms with E-state index in [1.54, 1.807) is 0 Å². The predicted octanol–water partition coefficient (Wildman–Crippen LogP) is 2.62. The molecule has 0 saturated carbocycles. The monoisotopic (exact) mass is 212 g/mol. The average molecular weight is 212 g/mol. The van der Waals surface area contributed by atoms with Crippen LogP contribution in [-0.2, 0) is 0 Å². The molecule has 0 amide bonds. The second-order valence-electron chi connectivity index (χ2n) is 6.37. The summed E-state index contributed by atoms with van der Waals surface area (Å²) in [4.78, 5) is 2.64. The van der Waals surface area contributed by atoms with Crippen LogP contribution in [-0.4, -0.2) is 29.1 Å². The molecule has 1 heterocycles. The molecule has 0 aromatic carbocycles. The minimum absolute atomic E-state index is 0.189. The van der Waals surface area contributed by atoms with Gasteiger partial charge >= 0.3 is 0 Å². The maximum atomic E-state index is 6.01. The summed E-state index contributed by atoms with van der Waals surface area (Å²) in [5, 5.41) is 0. The molecular formula is C13H28N2. The lowest BCUT2D eigenvalue weighted by atomic mass is 9.86. The van der Waals surface area contributed by atoms with Crippen molar-refractivity contribution in [2.75, 3.05) is 13.1 Å². The Hall–Kier alpha value is -0.0800. The first-order valence-corrected chi connectivity index (χ1v) is 6.30. The first-order valence-electron chi connectivity index (χ1n) is 6.30. The molecule has 0 radical (unpaired) electrons. The Morgan fingerprint density at radius 1 is 1.40 bits per heavy atom. The number of likely N-dealkylation sites (tertiary alicyclic amines) is 1. The summed E-state index contributed by atoms with van der Waals surface area (Å²) >= 11 is 0. The van der Waals surface area contributed by atoms with Crippen LogP contribution in [0.25, 0.3) is 0 Å². The van der Waals surface area contributed by atoms with Gasteiger partial charge in [-0.2, -0.15) is 0 Å². The molecule has 2 nitrogen and oxygen atoms in total. The molecule has 1 fully saturated rings. The lowest BCUT2D eigenvalue weighted by Gasteiger charge is -2.47. The topological polar surface area (TPSA) is 29.3 Å². The Labute approximate surface area is 95.2 Å². The third kappa shape index (κ3) is 2.73. The van der Waals surface area contributed by atoms with Crippen LogP contribution in [0.5, 0.6) is 0 Å². The van der Waals surface area contributed by atoms with E-state index in [0.717, 1.165) is 12.5 Å². The van der Waals surface area contributed by atoms with Crippen molar-refractivity contribution in [3.05, 3.63) is 0 Å². The van der Waals surface area contributed by atoms with Crippen LogP contribution in [0.15, 0.2) is 0 Å². The molecule has 0 aromatic rings. The normalized spacial score (nSPS) is 25.8. The fraction of sp³-hybridized carbons (Fsp3) is 1.00. The largest absolute Gasteiger partial charge is 0.329 e. The number of nitrogens with two attached hydrogens (primary N) is 1. The molecule has 2 heteroatoms. The summed E-state index contributed by atoms with van der Waals surface area (Å²) in [7, 11) is 0. The molecule has 2 N–H and O–H groups in total. The van der Waals surface area contributed by atoms with E-state index in [-0.39, 0.29) is 5.54 Å². The minimum Gasteiger partial charge on any atom is -0.329 e. The molecule has 0 bridgehead atoms. The van der Waals surface area contributed by atoms with Crippen LogP contribution >= 0.6 is 0 Å². The van der Waals surface area contributed by atoms with Gasteiger partial charge < -0.3 is 5.73 Å². The van der Waals surface area contributed by atoms with Gasteiger partial charge in [-0.1, -0.05) is 13.8 Å². The van der Waals surface area contributed by atoms with Crippen molar-refractivity contribution in [3.8, 4) is 0 Å². The first kappa shape index (κ1) is 13.0. The van der Waals surface area contributed by atoms with Crippen LogP contribution in [0.2, 0.25) is 0 Å². The average Bonchev–Trinajstić information content (AvgIpc) is 2.44. The Kier molecular flexibility index (Phi) is 3.83. The Morgan fingerprint density at radius 2 is 2.00 bits per heavy atom. The third-order valence-electron chi connectivity index (χ3n) is 3.84. The van der Waals surface area contributed by atoms with E-state index in [4.69, 9.17) is 5.73 Å². The molecule has 1 atom stereocenters. The van der Waals surface area contributed by atoms with E-state index in [2.05, 4.69) is 39.5 Å². The van der Waals surface area contributed by atoms with Gasteiger partial charge in [-0.3, -0.25) is 4.90 Å². The second kappa shape index (κ2) is 4.42. The van der Waals surface area contributed by atoms with Gasteiger partial charge in [0, 0.05) is 17.6 Å². The van der Waals surface area contributed by atoms with Gasteiger partial charge in [-0.15, -0.1) is 0 Å². The molecule has 0 aliphatic carbocycles. The molecule has 1 aliphatic heterocycles. The van der Waals surface area contributed by atoms with Gasteiger partial charge in [0.15, 0.2) is 0 Å². The van der Waals surface area contributed by atoms with E-state index < -0.39 is 0 Å². The van der Waals surface area contributed by atoms with Gasteiger partial charge in [0.1, 0.15) is 0 Å². The number of hydrogen-bond acceptors (Lipinski definition) is 2. The predicted molar refractivity (Wildman–Crippen MR) is 66.9 cm³/mol. The second-order valence-corrected chi connectivity index (χ2v) is 6.37. The lowest BCUT2D eigenvalue weighted by molar-refractivity contribution is 0.0329. The van der Waals surface area contributed by atoms with Crippen LogP contribution < -0.4 is 5.73 Å². The molecule has 1 unspecified atom stereocenters. The van der Waals surface area contributed by atoms with Crippen LogP contribution in [0.4, 0.5) is 0 Å². The maximum absolute atomic E-state index is 6.01. The van der Waals surface area contributed by atoms with Gasteiger partial charge in [-0.25, -0.2) is 0 Å². The number of hydrogen-bond donors (Lipinski definition) is 1. The van der Waals surface area contributed by atoms with Gasteiger partial charge in [0.05, 0.1) is 0 Å². The van der Waals surface area contributed by atoms with E-state index in [9.17, 15) is 0 Å². The highest BCUT2D eigenvalue weighted by molar-refractivity contribution is 4.99. The van der Waals surface area contributed by atoms with Crippen LogP contribution in [0.3, 0.4) is 0 Å². The summed E-state index contributed by atoms with van der Waals surface area (Å²) in [5.41, 5.74) is 6.54. The molecule has 1 rings (SSSR count). The highest BCUT2D eigenvalue weighted by Gasteiger charge is 2.42. The van der Waals surface area contributed by atoms with Gasteiger partial charge in [0.25, 0.3) is 0 Å². The van der Waals surface area contributed by atoms with Crippen molar-refractivity contribution >= 4 is 0 Å². The van der Waals surface area contributed by atoms with Crippen molar-refractivity contribution in [3.63, 3.8) is 0 Å². The van der Waals surface area contributed by atoms with Gasteiger partial charge in [0.2, 0.25) is 0 Å². The first-order chi connectivity index (χ1) is 6.82. The fourth-order valence-corrected chi connectivity index (χ4v) is 3.29. The quantitative estimate of drug-likeness (QED) is 0.776. The van der Waals surface area contributed by atoms with Crippen molar-refractivity contribution in [1.29, 1.82) is 0 Å². The summed E-state index contributed by atoms with van der Waals surface area (Å²) in [6.07, 6.45) is 3.83. The zero-order valence-corrected chi connectivity index (χ0v) is 11.1. The highest BCUT2D eigenvalue weighted by atomic mass is 15.3. The third-order valence-corrected chi connectivity index (χ3v) is 3.84. The zero-order valence-electron chi connectivity index (χ0n) is 11.1. The standard InChI is InChI=1S/C13H28N2/c1-11(2)9-13(5,10-14)15-8-6-7-12(15,3)4/h11H,6-10,14H2,1-5H3. The summed E-state index contributed by atoms with van der Waals surface area (Å²) in [6, 6.07) is 0. The molecule has 1 saturated heterocycles. The minimum atomic E-state index is 0.189. The van der Waals surface area contributed by atoms with Crippen molar-refractivity contribution in [2.24, 2.45) is 11.7 Å². The number of rotatable bonds is 4. The Balaban J connectivity index is 2.81. The molecule has 15 heavy (non-hydrogen) atoms. The van der Waals surface area contributed by atoms with E-state index in [1.165, 1.54) is 25.8 Å². The Bertz CT molecular complexity index is 211. The summed E-state index contributed by atoms with van der Waals surface area (Å²) in [6.45, 7) is 13.6. The van der Waals surface area contributed by atoms with Crippen molar-refractivity contribution in [1.82, 2.24) is 4.90 Å². The lowest BCUT2D eigenvalue weighted by Crippen LogP contribution is -2.57. The van der Waals surface area contributed by atoms with Crippen molar-refractivity contribution < 1.29 is 0 Å². The highest BCUT2D eigenvalue weighted by Crippen LogP contribution is 2.37. The fourth-order valence-electron chi connectivity index (χ4n) is 3.29. The van der Waals surface area contributed by atoms with Crippen molar-refractivity contribution in [2.45, 2.75) is 65.0 Å². The Morgan fingerprint density at radius 3 is 2.33 bits per heavy atom. The van der Waals surface area contributed by atoms with Gasteiger partial charge in [-0.05, 0) is 52.5 Å². The smallest absolute Gasteiger partial charge is 0.0311 e. The molecule has 90 valence electrons. The summed E-state index contributed by atoms with van der Waals surface area (Å²) in [5.74, 6) is 0.718. The van der Waals surface area contributed by atoms with Crippen LogP contribution in [0.1, 0.15) is 53.9 Å². The molecular weight excluding hydrogens is 184 g/mol. The van der Waals surface area contributed by atoms with E-state index >= 15 is 0 Å².